The van der Waals surface area contributed by atoms with E-state index in [2.05, 4.69) is 5.32 Å². The van der Waals surface area contributed by atoms with Gasteiger partial charge in [-0.3, -0.25) is 0 Å². The van der Waals surface area contributed by atoms with Crippen LogP contribution in [0.4, 0.5) is 4.39 Å². The van der Waals surface area contributed by atoms with Crippen LogP contribution in [0.1, 0.15) is 12.5 Å². The Balaban J connectivity index is 2.27. The van der Waals surface area contributed by atoms with Gasteiger partial charge in [-0.2, -0.15) is 0 Å². The van der Waals surface area contributed by atoms with Gasteiger partial charge in [-0.1, -0.05) is 0 Å². The van der Waals surface area contributed by atoms with Crippen LogP contribution in [0.15, 0.2) is 18.2 Å². The Kier molecular flexibility index (Phi) is 3.85. The first-order chi connectivity index (χ1) is 8.59. The van der Waals surface area contributed by atoms with Gasteiger partial charge in [0.2, 0.25) is 0 Å². The van der Waals surface area contributed by atoms with Crippen LogP contribution >= 0.6 is 0 Å². The molecule has 0 aromatic heterocycles. The van der Waals surface area contributed by atoms with E-state index in [1.54, 1.807) is 20.1 Å². The molecular weight excluding hydrogens is 237 g/mol. The number of nitrogens with one attached hydrogen (secondary N) is 1. The summed E-state index contributed by atoms with van der Waals surface area (Å²) in [5.41, 5.74) is 0.569. The van der Waals surface area contributed by atoms with Crippen molar-refractivity contribution in [3.8, 4) is 5.75 Å². The van der Waals surface area contributed by atoms with E-state index in [0.29, 0.717) is 24.5 Å². The van der Waals surface area contributed by atoms with Gasteiger partial charge in [-0.05, 0) is 32.2 Å². The highest BCUT2D eigenvalue weighted by Gasteiger charge is 2.37. The van der Waals surface area contributed by atoms with E-state index in [1.165, 1.54) is 12.1 Å². The number of rotatable bonds is 3. The second-order valence-corrected chi connectivity index (χ2v) is 4.40. The number of benzene rings is 1. The summed E-state index contributed by atoms with van der Waals surface area (Å²) in [5.74, 6) is -0.752. The standard InChI is InChI=1S/C13H18FNO3/c1-13(17-7-10(15-2)8-18-13)11-6-9(14)4-5-12(11)16-3/h4-6,10,15H,7-8H2,1-3H3. The fourth-order valence-electron chi connectivity index (χ4n) is 1.97. The molecule has 0 aliphatic carbocycles. The highest BCUT2D eigenvalue weighted by Crippen LogP contribution is 2.36. The highest BCUT2D eigenvalue weighted by atomic mass is 19.1. The fourth-order valence-corrected chi connectivity index (χ4v) is 1.97. The van der Waals surface area contributed by atoms with Crippen LogP contribution in [-0.4, -0.2) is 33.4 Å². The second kappa shape index (κ2) is 5.22. The fraction of sp³-hybridized carbons (Fsp3) is 0.538. The summed E-state index contributed by atoms with van der Waals surface area (Å²) in [6, 6.07) is 4.47. The lowest BCUT2D eigenvalue weighted by atomic mass is 10.0. The molecule has 18 heavy (non-hydrogen) atoms. The zero-order chi connectivity index (χ0) is 13.2. The maximum atomic E-state index is 13.4. The van der Waals surface area contributed by atoms with Gasteiger partial charge in [0, 0.05) is 0 Å². The van der Waals surface area contributed by atoms with Gasteiger partial charge in [0.1, 0.15) is 11.6 Å². The first-order valence-electron chi connectivity index (χ1n) is 5.88. The lowest BCUT2D eigenvalue weighted by molar-refractivity contribution is -0.273. The van der Waals surface area contributed by atoms with Crippen LogP contribution in [0.5, 0.6) is 5.75 Å². The molecule has 0 unspecified atom stereocenters. The predicted octanol–water partition coefficient (Wildman–Crippen LogP) is 1.64. The number of likely N-dealkylation sites (N-methyl/N-ethyl adjacent to an activating group) is 1. The normalized spacial score (nSPS) is 28.1. The predicted molar refractivity (Wildman–Crippen MR) is 65.1 cm³/mol. The molecule has 5 heteroatoms. The molecule has 1 aromatic carbocycles. The maximum absolute atomic E-state index is 13.4. The van der Waals surface area contributed by atoms with E-state index in [1.807, 2.05) is 7.05 Å². The third-order valence-electron chi connectivity index (χ3n) is 3.18. The Hall–Kier alpha value is -1.17. The van der Waals surface area contributed by atoms with Crippen LogP contribution in [0, 0.1) is 5.82 Å². The van der Waals surface area contributed by atoms with Gasteiger partial charge < -0.3 is 19.5 Å². The topological polar surface area (TPSA) is 39.7 Å². The van der Waals surface area contributed by atoms with Crippen molar-refractivity contribution in [2.45, 2.75) is 18.8 Å². The van der Waals surface area contributed by atoms with E-state index in [0.717, 1.165) is 0 Å². The molecule has 100 valence electrons. The molecular formula is C13H18FNO3. The Morgan fingerprint density at radius 1 is 1.39 bits per heavy atom. The SMILES string of the molecule is CNC1COC(C)(c2cc(F)ccc2OC)OC1. The van der Waals surface area contributed by atoms with Gasteiger partial charge in [-0.15, -0.1) is 0 Å². The molecule has 1 aromatic rings. The summed E-state index contributed by atoms with van der Waals surface area (Å²) < 4.78 is 30.0. The van der Waals surface area contributed by atoms with Crippen LogP contribution in [-0.2, 0) is 15.3 Å². The molecule has 2 rings (SSSR count). The summed E-state index contributed by atoms with van der Waals surface area (Å²) >= 11 is 0. The first-order valence-corrected chi connectivity index (χ1v) is 5.88. The van der Waals surface area contributed by atoms with Crippen molar-refractivity contribution in [3.63, 3.8) is 0 Å². The molecule has 0 spiro atoms. The minimum atomic E-state index is -0.971. The number of hydrogen-bond acceptors (Lipinski definition) is 4. The Morgan fingerprint density at radius 2 is 2.06 bits per heavy atom. The zero-order valence-electron chi connectivity index (χ0n) is 10.8. The average Bonchev–Trinajstić information content (AvgIpc) is 2.39. The van der Waals surface area contributed by atoms with Gasteiger partial charge in [0.05, 0.1) is 31.9 Å². The largest absolute Gasteiger partial charge is 0.496 e. The lowest BCUT2D eigenvalue weighted by Gasteiger charge is -2.38. The Bertz CT molecular complexity index is 417. The minimum absolute atomic E-state index is 0.151. The molecule has 1 heterocycles. The van der Waals surface area contributed by atoms with E-state index in [9.17, 15) is 4.39 Å². The number of ether oxygens (including phenoxy) is 3. The third kappa shape index (κ3) is 2.48. The smallest absolute Gasteiger partial charge is 0.195 e. The molecule has 1 N–H and O–H groups in total. The molecule has 1 saturated heterocycles. The quantitative estimate of drug-likeness (QED) is 0.891. The summed E-state index contributed by atoms with van der Waals surface area (Å²) in [6.45, 7) is 2.79. The summed E-state index contributed by atoms with van der Waals surface area (Å²) in [7, 11) is 3.39. The van der Waals surface area contributed by atoms with Crippen LogP contribution in [0.3, 0.4) is 0 Å². The van der Waals surface area contributed by atoms with E-state index >= 15 is 0 Å². The molecule has 1 aliphatic rings. The van der Waals surface area contributed by atoms with E-state index < -0.39 is 5.79 Å². The molecule has 0 radical (unpaired) electrons. The van der Waals surface area contributed by atoms with Gasteiger partial charge in [0.15, 0.2) is 5.79 Å². The van der Waals surface area contributed by atoms with Crippen molar-refractivity contribution < 1.29 is 18.6 Å². The van der Waals surface area contributed by atoms with Crippen molar-refractivity contribution >= 4 is 0 Å². The monoisotopic (exact) mass is 255 g/mol. The second-order valence-electron chi connectivity index (χ2n) is 4.40. The average molecular weight is 255 g/mol. The number of methoxy groups -OCH3 is 1. The third-order valence-corrected chi connectivity index (χ3v) is 3.18. The number of hydrogen-bond donors (Lipinski definition) is 1. The van der Waals surface area contributed by atoms with Crippen LogP contribution in [0.25, 0.3) is 0 Å². The van der Waals surface area contributed by atoms with Crippen molar-refractivity contribution in [2.75, 3.05) is 27.4 Å². The Morgan fingerprint density at radius 3 is 2.61 bits per heavy atom. The maximum Gasteiger partial charge on any atom is 0.195 e. The molecule has 1 aliphatic heterocycles. The summed E-state index contributed by atoms with van der Waals surface area (Å²) in [4.78, 5) is 0. The molecule has 0 amide bonds. The minimum Gasteiger partial charge on any atom is -0.496 e. The molecule has 0 atom stereocenters. The van der Waals surface area contributed by atoms with Crippen molar-refractivity contribution in [2.24, 2.45) is 0 Å². The van der Waals surface area contributed by atoms with Gasteiger partial charge in [0.25, 0.3) is 0 Å². The van der Waals surface area contributed by atoms with Crippen LogP contribution in [0.2, 0.25) is 0 Å². The zero-order valence-corrected chi connectivity index (χ0v) is 10.8. The molecule has 0 saturated carbocycles. The Labute approximate surface area is 106 Å². The summed E-state index contributed by atoms with van der Waals surface area (Å²) in [5, 5.41) is 3.08. The molecule has 4 nitrogen and oxygen atoms in total. The van der Waals surface area contributed by atoms with Crippen molar-refractivity contribution in [1.82, 2.24) is 5.32 Å². The first kappa shape index (κ1) is 13.3. The van der Waals surface area contributed by atoms with Gasteiger partial charge >= 0.3 is 0 Å². The van der Waals surface area contributed by atoms with Crippen LogP contribution < -0.4 is 10.1 Å². The highest BCUT2D eigenvalue weighted by molar-refractivity contribution is 5.37. The molecule has 0 bridgehead atoms. The van der Waals surface area contributed by atoms with E-state index in [-0.39, 0.29) is 11.9 Å². The lowest BCUT2D eigenvalue weighted by Crippen LogP contribution is -2.47. The summed E-state index contributed by atoms with van der Waals surface area (Å²) in [6.07, 6.45) is 0. The molecule has 1 fully saturated rings. The van der Waals surface area contributed by atoms with Crippen molar-refractivity contribution in [1.29, 1.82) is 0 Å². The van der Waals surface area contributed by atoms with E-state index in [4.69, 9.17) is 14.2 Å². The van der Waals surface area contributed by atoms with Crippen molar-refractivity contribution in [3.05, 3.63) is 29.6 Å². The van der Waals surface area contributed by atoms with Gasteiger partial charge in [-0.25, -0.2) is 4.39 Å². The number of halogens is 1.